The predicted molar refractivity (Wildman–Crippen MR) is 135 cm³/mol. The van der Waals surface area contributed by atoms with Crippen molar-refractivity contribution in [1.82, 2.24) is 20.3 Å². The van der Waals surface area contributed by atoms with E-state index in [4.69, 9.17) is 0 Å². The Morgan fingerprint density at radius 2 is 1.91 bits per heavy atom. The lowest BCUT2D eigenvalue weighted by Gasteiger charge is -2.27. The Morgan fingerprint density at radius 1 is 1.23 bits per heavy atom. The van der Waals surface area contributed by atoms with Gasteiger partial charge in [-0.2, -0.15) is 0 Å². The van der Waals surface area contributed by atoms with Crippen LogP contribution in [0.25, 0.3) is 0 Å². The molecule has 1 aromatic rings. The number of halogens is 1. The molecule has 1 unspecified atom stereocenters. The molecule has 1 heterocycles. The van der Waals surface area contributed by atoms with Crippen molar-refractivity contribution in [1.29, 1.82) is 0 Å². The molecule has 0 radical (unpaired) electrons. The molecule has 0 bridgehead atoms. The zero-order valence-electron chi connectivity index (χ0n) is 20.6. The summed E-state index contributed by atoms with van der Waals surface area (Å²) in [6, 6.07) is 2.95. The molecule has 0 aromatic heterocycles. The maximum atomic E-state index is 14.7. The second-order valence-corrected chi connectivity index (χ2v) is 11.5. The van der Waals surface area contributed by atoms with Gasteiger partial charge in [0.05, 0.1) is 21.1 Å². The van der Waals surface area contributed by atoms with Crippen molar-refractivity contribution in [3.05, 3.63) is 40.7 Å². The van der Waals surface area contributed by atoms with Crippen molar-refractivity contribution in [2.24, 2.45) is 5.92 Å². The number of benzene rings is 1. The number of urea groups is 2. The third-order valence-corrected chi connectivity index (χ3v) is 8.23. The second kappa shape index (κ2) is 11.2. The van der Waals surface area contributed by atoms with E-state index in [0.717, 1.165) is 42.2 Å². The third kappa shape index (κ3) is 6.62. The molecule has 192 valence electrons. The number of nitrogens with one attached hydrogen (secondary N) is 3. The number of hydrogen-bond acceptors (Lipinski definition) is 4. The molecule has 1 fully saturated rings. The molecule has 1 aliphatic heterocycles. The fourth-order valence-corrected chi connectivity index (χ4v) is 5.59. The number of rotatable bonds is 7. The molecular weight excluding hydrogens is 471 g/mol. The smallest absolute Gasteiger partial charge is 0.326 e. The molecule has 1 atom stereocenters. The molecule has 5 amide bonds. The highest BCUT2D eigenvalue weighted by Gasteiger charge is 2.31. The molecule has 0 saturated heterocycles. The van der Waals surface area contributed by atoms with Gasteiger partial charge in [-0.3, -0.25) is 14.4 Å². The van der Waals surface area contributed by atoms with Crippen molar-refractivity contribution in [2.45, 2.75) is 70.2 Å². The fourth-order valence-electron chi connectivity index (χ4n) is 4.53. The van der Waals surface area contributed by atoms with Gasteiger partial charge in [0.25, 0.3) is 5.91 Å². The lowest BCUT2D eigenvalue weighted by molar-refractivity contribution is -0.123. The molecule has 8 nitrogen and oxygen atoms in total. The maximum Gasteiger partial charge on any atom is 0.326 e. The first-order chi connectivity index (χ1) is 16.5. The fraction of sp³-hybridized carbons (Fsp3) is 0.520. The third-order valence-electron chi connectivity index (χ3n) is 6.70. The molecular formula is C25H35FN4O4S. The molecule has 1 aromatic carbocycles. The number of imide groups is 1. The Bertz CT molecular complexity index is 1120. The molecule has 3 rings (SSSR count). The molecule has 2 aliphatic rings. The van der Waals surface area contributed by atoms with E-state index in [9.17, 15) is 23.0 Å². The van der Waals surface area contributed by atoms with E-state index in [2.05, 4.69) is 28.1 Å². The number of hydrogen-bond donors (Lipinski definition) is 3. The number of carbonyl (C=O) groups is 3. The van der Waals surface area contributed by atoms with Crippen LogP contribution in [0.5, 0.6) is 0 Å². The zero-order valence-corrected chi connectivity index (χ0v) is 21.4. The van der Waals surface area contributed by atoms with Gasteiger partial charge in [0.2, 0.25) is 0 Å². The van der Waals surface area contributed by atoms with Crippen molar-refractivity contribution < 1.29 is 23.0 Å². The van der Waals surface area contributed by atoms with Gasteiger partial charge in [-0.05, 0) is 80.5 Å². The quantitative estimate of drug-likeness (QED) is 0.492. The van der Waals surface area contributed by atoms with Crippen LogP contribution in [0.3, 0.4) is 0 Å². The minimum Gasteiger partial charge on any atom is -0.337 e. The average Bonchev–Trinajstić information content (AvgIpc) is 3.09. The van der Waals surface area contributed by atoms with Crippen LogP contribution in [-0.2, 0) is 20.9 Å². The number of nitrogens with zero attached hydrogens (tertiary/aromatic N) is 1. The summed E-state index contributed by atoms with van der Waals surface area (Å²) in [5.74, 6) is 3.34. The van der Waals surface area contributed by atoms with Crippen molar-refractivity contribution in [2.75, 3.05) is 13.1 Å². The normalized spacial score (nSPS) is 22.1. The molecule has 1 aliphatic carbocycles. The van der Waals surface area contributed by atoms with Gasteiger partial charge in [0, 0.05) is 18.2 Å². The van der Waals surface area contributed by atoms with Crippen LogP contribution in [0.4, 0.5) is 14.0 Å². The topological polar surface area (TPSA) is 108 Å². The Balaban J connectivity index is 1.52. The van der Waals surface area contributed by atoms with E-state index in [1.807, 2.05) is 13.8 Å². The van der Waals surface area contributed by atoms with Crippen molar-refractivity contribution in [3.8, 4) is 0 Å². The summed E-state index contributed by atoms with van der Waals surface area (Å²) < 4.78 is 30.0. The van der Waals surface area contributed by atoms with Crippen molar-refractivity contribution >= 4 is 33.5 Å². The monoisotopic (exact) mass is 506 g/mol. The van der Waals surface area contributed by atoms with Crippen LogP contribution >= 0.6 is 0 Å². The summed E-state index contributed by atoms with van der Waals surface area (Å²) in [5.41, 5.74) is 1.83. The van der Waals surface area contributed by atoms with Gasteiger partial charge < -0.3 is 10.6 Å². The minimum atomic E-state index is -3.25. The SMILES string of the molecule is C=S(=O)(NC(=O)N[C@H]1CC[C@H](C)CC1)c1ccc(CCNC(=O)N2CC(C)=C(CC)C2=O)c(F)c1. The van der Waals surface area contributed by atoms with E-state index in [1.54, 1.807) is 0 Å². The van der Waals surface area contributed by atoms with Crippen LogP contribution in [0, 0.1) is 11.7 Å². The molecule has 10 heteroatoms. The van der Waals surface area contributed by atoms with Gasteiger partial charge in [0.1, 0.15) is 5.82 Å². The van der Waals surface area contributed by atoms with Gasteiger partial charge in [0.15, 0.2) is 0 Å². The highest BCUT2D eigenvalue weighted by Crippen LogP contribution is 2.24. The summed E-state index contributed by atoms with van der Waals surface area (Å²) >= 11 is 0. The highest BCUT2D eigenvalue weighted by molar-refractivity contribution is 7.99. The van der Waals surface area contributed by atoms with E-state index in [1.165, 1.54) is 12.1 Å². The summed E-state index contributed by atoms with van der Waals surface area (Å²) in [6.45, 7) is 6.26. The summed E-state index contributed by atoms with van der Waals surface area (Å²) in [6.07, 6.45) is 4.55. The molecule has 1 saturated carbocycles. The lowest BCUT2D eigenvalue weighted by atomic mass is 9.87. The zero-order chi connectivity index (χ0) is 25.8. The maximum absolute atomic E-state index is 14.7. The first-order valence-electron chi connectivity index (χ1n) is 12.0. The van der Waals surface area contributed by atoms with Gasteiger partial charge in [-0.1, -0.05) is 19.9 Å². The standard InChI is InChI=1S/C25H35FN4O4S/c1-5-21-17(3)15-30(23(21)31)25(33)27-13-12-18-8-11-20(14-22(18)26)35(4,34)29-24(32)28-19-9-6-16(2)7-10-19/h8,11,14,16,19H,4-7,9-10,12-13,15H2,1-3H3,(H,27,33)(H2,28,29,32,34)/t16-,19-,35?. The first-order valence-corrected chi connectivity index (χ1v) is 13.8. The minimum absolute atomic E-state index is 0.0276. The Hall–Kier alpha value is -2.88. The van der Waals surface area contributed by atoms with E-state index < -0.39 is 27.6 Å². The Morgan fingerprint density at radius 3 is 2.51 bits per heavy atom. The number of amides is 5. The van der Waals surface area contributed by atoms with Crippen LogP contribution in [0.2, 0.25) is 0 Å². The highest BCUT2D eigenvalue weighted by atomic mass is 32.2. The van der Waals surface area contributed by atoms with Gasteiger partial charge in [-0.15, -0.1) is 0 Å². The van der Waals surface area contributed by atoms with Crippen molar-refractivity contribution in [3.63, 3.8) is 0 Å². The number of carbonyl (C=O) groups excluding carboxylic acids is 3. The summed E-state index contributed by atoms with van der Waals surface area (Å²) in [7, 11) is -3.25. The van der Waals surface area contributed by atoms with Crippen LogP contribution in [-0.4, -0.2) is 52.1 Å². The molecule has 3 N–H and O–H groups in total. The first kappa shape index (κ1) is 26.7. The van der Waals surface area contributed by atoms with E-state index in [-0.39, 0.29) is 36.4 Å². The average molecular weight is 507 g/mol. The predicted octanol–water partition coefficient (Wildman–Crippen LogP) is 3.51. The Labute approximate surface area is 206 Å². The van der Waals surface area contributed by atoms with E-state index in [0.29, 0.717) is 23.5 Å². The van der Waals surface area contributed by atoms with Crippen LogP contribution in [0.15, 0.2) is 34.2 Å². The second-order valence-electron chi connectivity index (χ2n) is 9.45. The molecule has 35 heavy (non-hydrogen) atoms. The van der Waals surface area contributed by atoms with Gasteiger partial charge >= 0.3 is 12.1 Å². The lowest BCUT2D eigenvalue weighted by Crippen LogP contribution is -2.45. The van der Waals surface area contributed by atoms with Gasteiger partial charge in [-0.25, -0.2) is 18.2 Å². The van der Waals surface area contributed by atoms with Crippen LogP contribution < -0.4 is 15.4 Å². The summed E-state index contributed by atoms with van der Waals surface area (Å²) in [5, 5.41) is 5.48. The Kier molecular flexibility index (Phi) is 8.58. The largest absolute Gasteiger partial charge is 0.337 e. The molecule has 0 spiro atoms. The summed E-state index contributed by atoms with van der Waals surface area (Å²) in [4.78, 5) is 38.2. The van der Waals surface area contributed by atoms with Crippen LogP contribution in [0.1, 0.15) is 58.4 Å². The van der Waals surface area contributed by atoms with E-state index >= 15 is 0 Å².